The molecule has 0 aliphatic carbocycles. The summed E-state index contributed by atoms with van der Waals surface area (Å²) in [7, 11) is -3.50. The molecule has 0 saturated heterocycles. The molecule has 0 bridgehead atoms. The summed E-state index contributed by atoms with van der Waals surface area (Å²) in [6.45, 7) is 3.92. The number of anilines is 1. The number of aryl methyl sites for hydroxylation is 1. The fourth-order valence-electron chi connectivity index (χ4n) is 1.77. The van der Waals surface area contributed by atoms with Crippen molar-refractivity contribution >= 4 is 15.7 Å². The molecule has 1 rings (SSSR count). The van der Waals surface area contributed by atoms with Gasteiger partial charge in [-0.1, -0.05) is 0 Å². The fourth-order valence-corrected chi connectivity index (χ4v) is 3.20. The monoisotopic (exact) mass is 280 g/mol. The van der Waals surface area contributed by atoms with Crippen LogP contribution in [-0.4, -0.2) is 15.0 Å². The number of nitrogens with one attached hydrogen (secondary N) is 1. The molecule has 0 radical (unpaired) electrons. The lowest BCUT2D eigenvalue weighted by Gasteiger charge is -2.12. The SMILES string of the molecule is C#CCCCCNS(=O)(=O)c1cc(C)cc(N)c1C. The van der Waals surface area contributed by atoms with Crippen molar-refractivity contribution in [2.45, 2.75) is 38.0 Å². The van der Waals surface area contributed by atoms with Crippen LogP contribution in [0.3, 0.4) is 0 Å². The number of benzene rings is 1. The zero-order chi connectivity index (χ0) is 14.5. The first-order valence-electron chi connectivity index (χ1n) is 6.18. The van der Waals surface area contributed by atoms with Crippen molar-refractivity contribution < 1.29 is 8.42 Å². The Hall–Kier alpha value is -1.51. The first-order valence-corrected chi connectivity index (χ1v) is 7.66. The van der Waals surface area contributed by atoms with Crippen LogP contribution < -0.4 is 10.5 Å². The molecular weight excluding hydrogens is 260 g/mol. The van der Waals surface area contributed by atoms with E-state index in [2.05, 4.69) is 10.6 Å². The normalized spacial score (nSPS) is 11.2. The Bertz CT molecular complexity index is 586. The molecule has 5 heteroatoms. The van der Waals surface area contributed by atoms with Crippen molar-refractivity contribution in [2.24, 2.45) is 0 Å². The molecule has 1 aromatic carbocycles. The van der Waals surface area contributed by atoms with Crippen LogP contribution in [0, 0.1) is 26.2 Å². The van der Waals surface area contributed by atoms with Crippen molar-refractivity contribution in [3.05, 3.63) is 23.3 Å². The average molecular weight is 280 g/mol. The molecule has 1 aromatic rings. The maximum atomic E-state index is 12.2. The van der Waals surface area contributed by atoms with Crippen LogP contribution in [0.25, 0.3) is 0 Å². The standard InChI is InChI=1S/C14H20N2O2S/c1-4-5-6-7-8-16-19(17,18)14-10-11(2)9-13(15)12(14)3/h1,9-10,16H,5-8,15H2,2-3H3. The third-order valence-electron chi connectivity index (χ3n) is 2.87. The van der Waals surface area contributed by atoms with Gasteiger partial charge in [-0.2, -0.15) is 0 Å². The first kappa shape index (κ1) is 15.5. The maximum Gasteiger partial charge on any atom is 0.240 e. The topological polar surface area (TPSA) is 72.2 Å². The van der Waals surface area contributed by atoms with Crippen LogP contribution in [0.1, 0.15) is 30.4 Å². The predicted octanol–water partition coefficient (Wildman–Crippen LogP) is 1.97. The number of unbranched alkanes of at least 4 members (excludes halogenated alkanes) is 2. The summed E-state index contributed by atoms with van der Waals surface area (Å²) in [5, 5.41) is 0. The van der Waals surface area contributed by atoms with Gasteiger partial charge in [0, 0.05) is 18.7 Å². The van der Waals surface area contributed by atoms with E-state index >= 15 is 0 Å². The highest BCUT2D eigenvalue weighted by Gasteiger charge is 2.17. The number of rotatable bonds is 6. The number of sulfonamides is 1. The minimum absolute atomic E-state index is 0.252. The highest BCUT2D eigenvalue weighted by molar-refractivity contribution is 7.89. The van der Waals surface area contributed by atoms with E-state index in [1.807, 2.05) is 6.92 Å². The van der Waals surface area contributed by atoms with Crippen LogP contribution in [-0.2, 0) is 10.0 Å². The van der Waals surface area contributed by atoms with E-state index < -0.39 is 10.0 Å². The lowest BCUT2D eigenvalue weighted by Crippen LogP contribution is -2.25. The molecule has 0 fully saturated rings. The van der Waals surface area contributed by atoms with Crippen LogP contribution in [0.4, 0.5) is 5.69 Å². The molecular formula is C14H20N2O2S. The van der Waals surface area contributed by atoms with E-state index in [-0.39, 0.29) is 4.90 Å². The van der Waals surface area contributed by atoms with E-state index in [9.17, 15) is 8.42 Å². The minimum atomic E-state index is -3.50. The van der Waals surface area contributed by atoms with E-state index in [1.54, 1.807) is 19.1 Å². The maximum absolute atomic E-state index is 12.2. The van der Waals surface area contributed by atoms with Crippen LogP contribution >= 0.6 is 0 Å². The van der Waals surface area contributed by atoms with E-state index in [0.29, 0.717) is 24.2 Å². The van der Waals surface area contributed by atoms with Gasteiger partial charge in [0.2, 0.25) is 10.0 Å². The molecule has 0 aliphatic rings. The molecule has 0 spiro atoms. The second-order valence-corrected chi connectivity index (χ2v) is 6.27. The Morgan fingerprint density at radius 2 is 2.00 bits per heavy atom. The molecule has 19 heavy (non-hydrogen) atoms. The average Bonchev–Trinajstić information content (AvgIpc) is 2.33. The zero-order valence-corrected chi connectivity index (χ0v) is 12.2. The van der Waals surface area contributed by atoms with Crippen molar-refractivity contribution in [1.82, 2.24) is 4.72 Å². The highest BCUT2D eigenvalue weighted by atomic mass is 32.2. The van der Waals surface area contributed by atoms with Gasteiger partial charge in [0.15, 0.2) is 0 Å². The smallest absolute Gasteiger partial charge is 0.240 e. The largest absolute Gasteiger partial charge is 0.398 e. The van der Waals surface area contributed by atoms with E-state index in [0.717, 1.165) is 18.4 Å². The summed E-state index contributed by atoms with van der Waals surface area (Å²) in [6, 6.07) is 3.40. The van der Waals surface area contributed by atoms with E-state index in [4.69, 9.17) is 12.2 Å². The third kappa shape index (κ3) is 4.27. The molecule has 0 saturated carbocycles. The van der Waals surface area contributed by atoms with Crippen LogP contribution in [0.2, 0.25) is 0 Å². The van der Waals surface area contributed by atoms with Gasteiger partial charge < -0.3 is 5.73 Å². The molecule has 0 aliphatic heterocycles. The molecule has 0 amide bonds. The Kier molecular flexibility index (Phi) is 5.40. The van der Waals surface area contributed by atoms with Crippen LogP contribution in [0.15, 0.2) is 17.0 Å². The predicted molar refractivity (Wildman–Crippen MR) is 78.2 cm³/mol. The molecule has 0 unspecified atom stereocenters. The Balaban J connectivity index is 2.81. The van der Waals surface area contributed by atoms with Crippen molar-refractivity contribution in [3.63, 3.8) is 0 Å². The second-order valence-electron chi connectivity index (χ2n) is 4.54. The van der Waals surface area contributed by atoms with Gasteiger partial charge in [0.25, 0.3) is 0 Å². The fraction of sp³-hybridized carbons (Fsp3) is 0.429. The number of nitrogen functional groups attached to an aromatic ring is 1. The summed E-state index contributed by atoms with van der Waals surface area (Å²) >= 11 is 0. The highest BCUT2D eigenvalue weighted by Crippen LogP contribution is 2.22. The molecule has 3 N–H and O–H groups in total. The van der Waals surface area contributed by atoms with Crippen molar-refractivity contribution in [2.75, 3.05) is 12.3 Å². The minimum Gasteiger partial charge on any atom is -0.398 e. The first-order chi connectivity index (χ1) is 8.88. The van der Waals surface area contributed by atoms with Gasteiger partial charge in [0.1, 0.15) is 0 Å². The summed E-state index contributed by atoms with van der Waals surface area (Å²) in [6.07, 6.45) is 7.34. The summed E-state index contributed by atoms with van der Waals surface area (Å²) in [5.41, 5.74) is 7.71. The summed E-state index contributed by atoms with van der Waals surface area (Å²) < 4.78 is 26.9. The Morgan fingerprint density at radius 1 is 1.32 bits per heavy atom. The quantitative estimate of drug-likeness (QED) is 0.475. The zero-order valence-electron chi connectivity index (χ0n) is 11.4. The van der Waals surface area contributed by atoms with Crippen molar-refractivity contribution in [3.8, 4) is 12.3 Å². The van der Waals surface area contributed by atoms with Gasteiger partial charge in [0.05, 0.1) is 4.90 Å². The summed E-state index contributed by atoms with van der Waals surface area (Å²) in [4.78, 5) is 0.252. The lowest BCUT2D eigenvalue weighted by molar-refractivity contribution is 0.576. The number of nitrogens with two attached hydrogens (primary N) is 1. The Morgan fingerprint density at radius 3 is 2.63 bits per heavy atom. The van der Waals surface area contributed by atoms with Crippen molar-refractivity contribution in [1.29, 1.82) is 0 Å². The second kappa shape index (κ2) is 6.60. The molecule has 104 valence electrons. The third-order valence-corrected chi connectivity index (χ3v) is 4.46. The number of hydrogen-bond acceptors (Lipinski definition) is 3. The van der Waals surface area contributed by atoms with E-state index in [1.165, 1.54) is 0 Å². The van der Waals surface area contributed by atoms with Crippen LogP contribution in [0.5, 0.6) is 0 Å². The van der Waals surface area contributed by atoms with Gasteiger partial charge in [-0.3, -0.25) is 0 Å². The van der Waals surface area contributed by atoms with Gasteiger partial charge in [-0.25, -0.2) is 13.1 Å². The van der Waals surface area contributed by atoms with Gasteiger partial charge in [-0.15, -0.1) is 12.3 Å². The number of terminal acetylenes is 1. The van der Waals surface area contributed by atoms with Gasteiger partial charge in [-0.05, 0) is 49.9 Å². The summed E-state index contributed by atoms with van der Waals surface area (Å²) in [5.74, 6) is 2.53. The molecule has 0 atom stereocenters. The molecule has 4 nitrogen and oxygen atoms in total. The lowest BCUT2D eigenvalue weighted by atomic mass is 10.1. The van der Waals surface area contributed by atoms with Gasteiger partial charge >= 0.3 is 0 Å². The number of hydrogen-bond donors (Lipinski definition) is 2. The Labute approximate surface area is 115 Å². The molecule has 0 aromatic heterocycles. The molecule has 0 heterocycles.